The minimum Gasteiger partial charge on any atom is -0.419 e. The first-order valence-corrected chi connectivity index (χ1v) is 8.30. The molecule has 0 aromatic rings. The highest BCUT2D eigenvalue weighted by molar-refractivity contribution is 14.2. The molecule has 1 fully saturated rings. The number of rotatable bonds is 2. The van der Waals surface area contributed by atoms with E-state index in [0.717, 1.165) is 18.6 Å². The van der Waals surface area contributed by atoms with Gasteiger partial charge >= 0.3 is 0 Å². The third-order valence-corrected chi connectivity index (χ3v) is 3.69. The van der Waals surface area contributed by atoms with Crippen LogP contribution in [-0.2, 0) is 13.7 Å². The van der Waals surface area contributed by atoms with Crippen molar-refractivity contribution in [2.45, 2.75) is 32.5 Å². The SMILES string of the molecule is CC1(C)CC2(CC=C1OSI)OCCO2. The van der Waals surface area contributed by atoms with Crippen LogP contribution in [0.25, 0.3) is 0 Å². The molecule has 1 saturated heterocycles. The van der Waals surface area contributed by atoms with Crippen LogP contribution < -0.4 is 0 Å². The molecule has 0 atom stereocenters. The zero-order valence-corrected chi connectivity index (χ0v) is 11.9. The summed E-state index contributed by atoms with van der Waals surface area (Å²) in [5.41, 5.74) is -0.0131. The molecule has 0 N–H and O–H groups in total. The second-order valence-electron chi connectivity index (χ2n) is 4.59. The average Bonchev–Trinajstić information content (AvgIpc) is 2.58. The molecule has 5 heteroatoms. The first kappa shape index (κ1) is 12.0. The topological polar surface area (TPSA) is 27.7 Å². The summed E-state index contributed by atoms with van der Waals surface area (Å²) in [6, 6.07) is 0. The predicted octanol–water partition coefficient (Wildman–Crippen LogP) is 3.45. The molecule has 0 radical (unpaired) electrons. The van der Waals surface area contributed by atoms with Crippen LogP contribution in [0.2, 0.25) is 0 Å². The smallest absolute Gasteiger partial charge is 0.172 e. The van der Waals surface area contributed by atoms with E-state index < -0.39 is 0 Å². The molecular weight excluding hydrogens is 327 g/mol. The highest BCUT2D eigenvalue weighted by Crippen LogP contribution is 2.47. The molecule has 0 amide bonds. The summed E-state index contributed by atoms with van der Waals surface area (Å²) in [4.78, 5) is 0. The van der Waals surface area contributed by atoms with Crippen molar-refractivity contribution >= 4 is 30.4 Å². The lowest BCUT2D eigenvalue weighted by molar-refractivity contribution is -0.179. The molecule has 0 aromatic carbocycles. The number of hydrogen-bond acceptors (Lipinski definition) is 4. The molecule has 1 aliphatic carbocycles. The van der Waals surface area contributed by atoms with Gasteiger partial charge in [-0.05, 0) is 6.08 Å². The predicted molar refractivity (Wildman–Crippen MR) is 68.4 cm³/mol. The Morgan fingerprint density at radius 3 is 2.60 bits per heavy atom. The van der Waals surface area contributed by atoms with Crippen molar-refractivity contribution in [3.63, 3.8) is 0 Å². The quantitative estimate of drug-likeness (QED) is 0.568. The second-order valence-corrected chi connectivity index (χ2v) is 5.96. The van der Waals surface area contributed by atoms with E-state index in [1.54, 1.807) is 0 Å². The Bertz CT molecular complexity index is 272. The third-order valence-electron chi connectivity index (χ3n) is 2.91. The maximum Gasteiger partial charge on any atom is 0.172 e. The summed E-state index contributed by atoms with van der Waals surface area (Å²) >= 11 is 2.14. The molecule has 1 heterocycles. The molecule has 86 valence electrons. The van der Waals surface area contributed by atoms with E-state index in [4.69, 9.17) is 13.7 Å². The van der Waals surface area contributed by atoms with Crippen LogP contribution in [0.3, 0.4) is 0 Å². The standard InChI is InChI=1S/C10H15IO3S/c1-9(2)7-10(12-5-6-13-10)4-3-8(9)14-15-11/h3H,4-7H2,1-2H3. The Labute approximate surface area is 107 Å². The fraction of sp³-hybridized carbons (Fsp3) is 0.800. The zero-order chi connectivity index (χ0) is 10.9. The minimum absolute atomic E-state index is 0.0131. The van der Waals surface area contributed by atoms with Gasteiger partial charge in [-0.3, -0.25) is 0 Å². The van der Waals surface area contributed by atoms with Crippen LogP contribution in [0.1, 0.15) is 26.7 Å². The summed E-state index contributed by atoms with van der Waals surface area (Å²) in [7, 11) is 1.36. The largest absolute Gasteiger partial charge is 0.419 e. The van der Waals surface area contributed by atoms with Crippen molar-refractivity contribution in [1.29, 1.82) is 0 Å². The zero-order valence-electron chi connectivity index (χ0n) is 8.92. The number of allylic oxidation sites excluding steroid dienone is 1. The lowest BCUT2D eigenvalue weighted by Crippen LogP contribution is -2.39. The van der Waals surface area contributed by atoms with Gasteiger partial charge in [0.1, 0.15) is 15.0 Å². The van der Waals surface area contributed by atoms with Crippen molar-refractivity contribution in [2.75, 3.05) is 13.2 Å². The van der Waals surface area contributed by atoms with Gasteiger partial charge in [-0.15, -0.1) is 0 Å². The number of ether oxygens (including phenoxy) is 2. The Morgan fingerprint density at radius 2 is 2.07 bits per heavy atom. The van der Waals surface area contributed by atoms with Crippen molar-refractivity contribution in [1.82, 2.24) is 0 Å². The van der Waals surface area contributed by atoms with Gasteiger partial charge in [-0.2, -0.15) is 0 Å². The molecule has 0 aromatic heterocycles. The Balaban J connectivity index is 2.15. The molecule has 1 aliphatic heterocycles. The summed E-state index contributed by atoms with van der Waals surface area (Å²) in [6.45, 7) is 5.75. The van der Waals surface area contributed by atoms with Gasteiger partial charge in [-0.1, -0.05) is 13.8 Å². The van der Waals surface area contributed by atoms with E-state index in [2.05, 4.69) is 41.1 Å². The first-order valence-electron chi connectivity index (χ1n) is 5.02. The van der Waals surface area contributed by atoms with Crippen molar-refractivity contribution < 1.29 is 13.7 Å². The molecule has 2 rings (SSSR count). The Kier molecular flexibility index (Phi) is 3.54. The lowest BCUT2D eigenvalue weighted by atomic mass is 9.78. The Morgan fingerprint density at radius 1 is 1.40 bits per heavy atom. The van der Waals surface area contributed by atoms with Crippen molar-refractivity contribution in [3.8, 4) is 0 Å². The fourth-order valence-corrected chi connectivity index (χ4v) is 3.20. The minimum atomic E-state index is -0.383. The molecule has 0 saturated carbocycles. The van der Waals surface area contributed by atoms with Crippen LogP contribution in [0.5, 0.6) is 0 Å². The normalized spacial score (nSPS) is 27.8. The molecule has 3 nitrogen and oxygen atoms in total. The van der Waals surface area contributed by atoms with E-state index in [9.17, 15) is 0 Å². The molecule has 1 spiro atoms. The fourth-order valence-electron chi connectivity index (χ4n) is 2.25. The van der Waals surface area contributed by atoms with Gasteiger partial charge in [-0.25, -0.2) is 0 Å². The van der Waals surface area contributed by atoms with Gasteiger partial charge in [0.2, 0.25) is 0 Å². The summed E-state index contributed by atoms with van der Waals surface area (Å²) in [5, 5.41) is 0. The van der Waals surface area contributed by atoms with E-state index in [-0.39, 0.29) is 11.2 Å². The highest BCUT2D eigenvalue weighted by Gasteiger charge is 2.46. The summed E-state index contributed by atoms with van der Waals surface area (Å²) in [6.07, 6.45) is 3.76. The molecule has 0 unspecified atom stereocenters. The molecule has 0 bridgehead atoms. The van der Waals surface area contributed by atoms with E-state index in [1.807, 2.05) is 0 Å². The van der Waals surface area contributed by atoms with Crippen molar-refractivity contribution in [2.24, 2.45) is 5.41 Å². The van der Waals surface area contributed by atoms with Crippen LogP contribution in [0.4, 0.5) is 0 Å². The van der Waals surface area contributed by atoms with Crippen LogP contribution in [0, 0.1) is 5.41 Å². The first-order chi connectivity index (χ1) is 7.08. The van der Waals surface area contributed by atoms with Gasteiger partial charge in [0, 0.05) is 39.5 Å². The number of hydrogen-bond donors (Lipinski definition) is 0. The highest BCUT2D eigenvalue weighted by atomic mass is 127. The monoisotopic (exact) mass is 342 g/mol. The third kappa shape index (κ3) is 2.45. The van der Waals surface area contributed by atoms with Gasteiger partial charge in [0.25, 0.3) is 0 Å². The maximum absolute atomic E-state index is 5.71. The molecule has 15 heavy (non-hydrogen) atoms. The average molecular weight is 342 g/mol. The van der Waals surface area contributed by atoms with Crippen LogP contribution in [0.15, 0.2) is 11.8 Å². The van der Waals surface area contributed by atoms with Crippen LogP contribution >= 0.6 is 30.4 Å². The number of halogens is 1. The van der Waals surface area contributed by atoms with Gasteiger partial charge < -0.3 is 13.7 Å². The van der Waals surface area contributed by atoms with Gasteiger partial charge in [0.15, 0.2) is 5.79 Å². The van der Waals surface area contributed by atoms with Crippen LogP contribution in [-0.4, -0.2) is 19.0 Å². The van der Waals surface area contributed by atoms with Gasteiger partial charge in [0.05, 0.1) is 13.2 Å². The molecular formula is C10H15IO3S. The van der Waals surface area contributed by atoms with Crippen molar-refractivity contribution in [3.05, 3.63) is 11.8 Å². The molecule has 2 aliphatic rings. The Hall–Kier alpha value is 0.540. The van der Waals surface area contributed by atoms with E-state index in [0.29, 0.717) is 13.2 Å². The second kappa shape index (κ2) is 4.43. The van der Waals surface area contributed by atoms with E-state index in [1.165, 1.54) is 9.21 Å². The summed E-state index contributed by atoms with van der Waals surface area (Å²) in [5.74, 6) is 0.651. The maximum atomic E-state index is 5.71. The van der Waals surface area contributed by atoms with E-state index >= 15 is 0 Å². The lowest BCUT2D eigenvalue weighted by Gasteiger charge is -2.39. The summed E-state index contributed by atoms with van der Waals surface area (Å²) < 4.78 is 17.0.